The molecule has 0 aliphatic carbocycles. The van der Waals surface area contributed by atoms with Crippen molar-refractivity contribution in [1.82, 2.24) is 0 Å². The van der Waals surface area contributed by atoms with E-state index >= 15 is 0 Å². The van der Waals surface area contributed by atoms with Gasteiger partial charge < -0.3 is 10.2 Å². The predicted molar refractivity (Wildman–Crippen MR) is 113 cm³/mol. The second-order valence-electron chi connectivity index (χ2n) is 6.54. The van der Waals surface area contributed by atoms with Gasteiger partial charge in [-0.3, -0.25) is 0 Å². The minimum atomic E-state index is -4.06. The van der Waals surface area contributed by atoms with Crippen LogP contribution in [0.3, 0.4) is 0 Å². The van der Waals surface area contributed by atoms with Gasteiger partial charge in [0.05, 0.1) is 9.79 Å². The van der Waals surface area contributed by atoms with Crippen LogP contribution in [-0.4, -0.2) is 18.6 Å². The highest BCUT2D eigenvalue weighted by Gasteiger charge is 2.28. The van der Waals surface area contributed by atoms with E-state index in [9.17, 15) is 18.6 Å². The van der Waals surface area contributed by atoms with Crippen molar-refractivity contribution in [2.45, 2.75) is 9.79 Å². The van der Waals surface area contributed by atoms with E-state index in [0.717, 1.165) is 0 Å². The molecule has 29 heavy (non-hydrogen) atoms. The van der Waals surface area contributed by atoms with Gasteiger partial charge in [0.15, 0.2) is 0 Å². The van der Waals surface area contributed by atoms with Crippen molar-refractivity contribution in [1.29, 1.82) is 0 Å². The van der Waals surface area contributed by atoms with E-state index in [1.54, 1.807) is 48.5 Å². The van der Waals surface area contributed by atoms with Gasteiger partial charge in [0, 0.05) is 11.1 Å². The van der Waals surface area contributed by atoms with Crippen molar-refractivity contribution in [3.05, 3.63) is 97.1 Å². The lowest BCUT2D eigenvalue weighted by molar-refractivity contribution is 0.475. The molecule has 2 N–H and O–H groups in total. The Kier molecular flexibility index (Phi) is 4.82. The molecule has 144 valence electrons. The Balaban J connectivity index is 2.01. The van der Waals surface area contributed by atoms with Gasteiger partial charge >= 0.3 is 0 Å². The first kappa shape index (κ1) is 18.8. The van der Waals surface area contributed by atoms with E-state index in [2.05, 4.69) is 0 Å². The zero-order chi connectivity index (χ0) is 20.4. The molecule has 0 spiro atoms. The Bertz CT molecular complexity index is 1170. The third-order valence-corrected chi connectivity index (χ3v) is 6.55. The maximum Gasteiger partial charge on any atom is 0.208 e. The smallest absolute Gasteiger partial charge is 0.208 e. The van der Waals surface area contributed by atoms with Gasteiger partial charge in [-0.1, -0.05) is 72.8 Å². The third-order valence-electron chi connectivity index (χ3n) is 4.71. The largest absolute Gasteiger partial charge is 0.507 e. The summed E-state index contributed by atoms with van der Waals surface area (Å²) in [7, 11) is -4.06. The van der Waals surface area contributed by atoms with E-state index < -0.39 is 9.84 Å². The zero-order valence-electron chi connectivity index (χ0n) is 15.4. The van der Waals surface area contributed by atoms with E-state index in [4.69, 9.17) is 0 Å². The minimum Gasteiger partial charge on any atom is -0.507 e. The first-order valence-electron chi connectivity index (χ1n) is 9.00. The summed E-state index contributed by atoms with van der Waals surface area (Å²) in [5.41, 5.74) is 1.64. The van der Waals surface area contributed by atoms with Crippen molar-refractivity contribution < 1.29 is 18.6 Å². The predicted octanol–water partition coefficient (Wildman–Crippen LogP) is 5.26. The summed E-state index contributed by atoms with van der Waals surface area (Å²) in [5, 5.41) is 21.0. The van der Waals surface area contributed by atoms with Gasteiger partial charge in [-0.25, -0.2) is 8.42 Å². The molecule has 4 aromatic rings. The summed E-state index contributed by atoms with van der Waals surface area (Å²) in [6, 6.07) is 26.6. The number of benzene rings is 4. The van der Waals surface area contributed by atoms with Crippen LogP contribution in [0.15, 0.2) is 107 Å². The molecule has 0 heterocycles. The maximum atomic E-state index is 13.7. The van der Waals surface area contributed by atoms with Crippen LogP contribution < -0.4 is 0 Å². The molecular weight excluding hydrogens is 384 g/mol. The first-order valence-corrected chi connectivity index (χ1v) is 10.5. The lowest BCUT2D eigenvalue weighted by atomic mass is 10.0. The molecule has 4 nitrogen and oxygen atoms in total. The van der Waals surface area contributed by atoms with Crippen LogP contribution >= 0.6 is 0 Å². The van der Waals surface area contributed by atoms with Gasteiger partial charge in [0.1, 0.15) is 11.5 Å². The summed E-state index contributed by atoms with van der Waals surface area (Å²) in [6.45, 7) is 0. The number of hydrogen-bond acceptors (Lipinski definition) is 4. The number of phenols is 2. The lowest BCUT2D eigenvalue weighted by Crippen LogP contribution is -2.06. The van der Waals surface area contributed by atoms with Gasteiger partial charge in [-0.05, 0) is 35.4 Å². The second-order valence-corrected chi connectivity index (χ2v) is 8.42. The number of aromatic hydroxyl groups is 2. The van der Waals surface area contributed by atoms with Crippen LogP contribution in [0.4, 0.5) is 0 Å². The molecule has 0 atom stereocenters. The maximum absolute atomic E-state index is 13.7. The van der Waals surface area contributed by atoms with Crippen molar-refractivity contribution in [2.24, 2.45) is 0 Å². The molecule has 4 rings (SSSR count). The van der Waals surface area contributed by atoms with Gasteiger partial charge in [0.25, 0.3) is 0 Å². The fraction of sp³-hybridized carbons (Fsp3) is 0. The topological polar surface area (TPSA) is 74.6 Å². The molecule has 0 unspecified atom stereocenters. The minimum absolute atomic E-state index is 0.0218. The summed E-state index contributed by atoms with van der Waals surface area (Å²) in [4.78, 5) is -0.0436. The molecule has 0 fully saturated rings. The molecule has 5 heteroatoms. The molecule has 0 amide bonds. The Hall–Kier alpha value is -3.57. The molecular formula is C24H18O4S. The number of phenolic OH excluding ortho intramolecular Hbond substituents is 2. The average Bonchev–Trinajstić information content (AvgIpc) is 2.74. The Morgan fingerprint density at radius 2 is 0.862 bits per heavy atom. The molecule has 0 saturated heterocycles. The Morgan fingerprint density at radius 3 is 1.24 bits per heavy atom. The fourth-order valence-electron chi connectivity index (χ4n) is 3.40. The van der Waals surface area contributed by atoms with Crippen LogP contribution in [0.5, 0.6) is 11.5 Å². The molecule has 4 aromatic carbocycles. The first-order chi connectivity index (χ1) is 14.0. The van der Waals surface area contributed by atoms with Crippen LogP contribution in [0.25, 0.3) is 22.3 Å². The number of sulfone groups is 1. The Morgan fingerprint density at radius 1 is 0.483 bits per heavy atom. The van der Waals surface area contributed by atoms with Gasteiger partial charge in [-0.15, -0.1) is 0 Å². The van der Waals surface area contributed by atoms with Crippen LogP contribution in [0, 0.1) is 0 Å². The highest BCUT2D eigenvalue weighted by atomic mass is 32.2. The van der Waals surface area contributed by atoms with E-state index in [-0.39, 0.29) is 32.4 Å². The van der Waals surface area contributed by atoms with E-state index in [1.165, 1.54) is 36.4 Å². The third kappa shape index (κ3) is 3.37. The monoisotopic (exact) mass is 402 g/mol. The molecule has 0 aliphatic rings. The lowest BCUT2D eigenvalue weighted by Gasteiger charge is -2.16. The second kappa shape index (κ2) is 7.45. The molecule has 0 aromatic heterocycles. The van der Waals surface area contributed by atoms with Gasteiger partial charge in [-0.2, -0.15) is 0 Å². The standard InChI is InChI=1S/C24H18O4S/c25-19-13-7-15-21(23(19)17-9-3-1-4-10-17)29(27,28)22-16-8-14-20(26)24(22)18-11-5-2-6-12-18/h1-16,25-26H. The SMILES string of the molecule is O=S(=O)(c1cccc(O)c1-c1ccccc1)c1cccc(O)c1-c1ccccc1. The highest BCUT2D eigenvalue weighted by Crippen LogP contribution is 2.42. The van der Waals surface area contributed by atoms with Gasteiger partial charge in [0.2, 0.25) is 9.84 Å². The number of hydrogen-bond donors (Lipinski definition) is 2. The average molecular weight is 402 g/mol. The van der Waals surface area contributed by atoms with Crippen LogP contribution in [0.1, 0.15) is 0 Å². The number of rotatable bonds is 4. The molecule has 0 saturated carbocycles. The van der Waals surface area contributed by atoms with Crippen molar-refractivity contribution >= 4 is 9.84 Å². The van der Waals surface area contributed by atoms with Crippen molar-refractivity contribution in [3.63, 3.8) is 0 Å². The fourth-order valence-corrected chi connectivity index (χ4v) is 5.13. The summed E-state index contributed by atoms with van der Waals surface area (Å²) >= 11 is 0. The summed E-state index contributed by atoms with van der Waals surface area (Å²) < 4.78 is 27.4. The van der Waals surface area contributed by atoms with Crippen LogP contribution in [-0.2, 0) is 9.84 Å². The Labute approximate surface area is 169 Å². The highest BCUT2D eigenvalue weighted by molar-refractivity contribution is 7.91. The molecule has 0 aliphatic heterocycles. The summed E-state index contributed by atoms with van der Waals surface area (Å²) in [5.74, 6) is -0.252. The van der Waals surface area contributed by atoms with Crippen molar-refractivity contribution in [2.75, 3.05) is 0 Å². The van der Waals surface area contributed by atoms with E-state index in [0.29, 0.717) is 11.1 Å². The zero-order valence-corrected chi connectivity index (χ0v) is 16.2. The van der Waals surface area contributed by atoms with Crippen molar-refractivity contribution in [3.8, 4) is 33.8 Å². The molecule has 0 radical (unpaired) electrons. The van der Waals surface area contributed by atoms with E-state index in [1.807, 2.05) is 12.1 Å². The molecule has 0 bridgehead atoms. The summed E-state index contributed by atoms with van der Waals surface area (Å²) in [6.07, 6.45) is 0. The normalized spacial score (nSPS) is 11.3. The quantitative estimate of drug-likeness (QED) is 0.488. The van der Waals surface area contributed by atoms with Crippen LogP contribution in [0.2, 0.25) is 0 Å².